The predicted molar refractivity (Wildman–Crippen MR) is 214 cm³/mol. The summed E-state index contributed by atoms with van der Waals surface area (Å²) in [6.07, 6.45) is 0. The van der Waals surface area contributed by atoms with Gasteiger partial charge < -0.3 is 13.4 Å². The highest BCUT2D eigenvalue weighted by molar-refractivity contribution is 6.33. The van der Waals surface area contributed by atoms with Gasteiger partial charge in [-0.3, -0.25) is 0 Å². The normalized spacial score (nSPS) is 12.3. The lowest BCUT2D eigenvalue weighted by molar-refractivity contribution is 0.669. The Balaban J connectivity index is 1.21. The molecular formula is C48H28N2O. The molecule has 3 nitrogen and oxygen atoms in total. The highest BCUT2D eigenvalue weighted by Gasteiger charge is 2.23. The van der Waals surface area contributed by atoms with Crippen LogP contribution in [0.3, 0.4) is 0 Å². The van der Waals surface area contributed by atoms with E-state index in [2.05, 4.69) is 173 Å². The smallest absolute Gasteiger partial charge is 0.136 e. The van der Waals surface area contributed by atoms with Gasteiger partial charge in [-0.25, -0.2) is 0 Å². The molecule has 0 fully saturated rings. The van der Waals surface area contributed by atoms with Crippen LogP contribution in [-0.4, -0.2) is 8.97 Å². The first-order chi connectivity index (χ1) is 25.3. The van der Waals surface area contributed by atoms with E-state index in [-0.39, 0.29) is 0 Å². The van der Waals surface area contributed by atoms with Crippen molar-refractivity contribution < 1.29 is 4.42 Å². The molecule has 0 aliphatic heterocycles. The Morgan fingerprint density at radius 3 is 1.98 bits per heavy atom. The Labute approximate surface area is 292 Å². The van der Waals surface area contributed by atoms with Gasteiger partial charge in [-0.05, 0) is 76.2 Å². The van der Waals surface area contributed by atoms with Gasteiger partial charge in [0.05, 0.1) is 27.6 Å². The SMILES string of the molecule is c1ccc(-c2ccc3c4cccc5c4c4c(ccc6c7ccccc7n(c3c2)c64)n5-c2cccc(-c3cccc4oc5ccccc5c34)c2)cc1. The first-order valence-corrected chi connectivity index (χ1v) is 17.5. The summed E-state index contributed by atoms with van der Waals surface area (Å²) < 4.78 is 11.3. The van der Waals surface area contributed by atoms with Crippen molar-refractivity contribution in [2.75, 3.05) is 0 Å². The maximum absolute atomic E-state index is 6.28. The summed E-state index contributed by atoms with van der Waals surface area (Å²) in [6, 6.07) is 61.8. The molecule has 12 rings (SSSR count). The van der Waals surface area contributed by atoms with E-state index in [1.54, 1.807) is 0 Å². The van der Waals surface area contributed by atoms with Gasteiger partial charge in [-0.2, -0.15) is 0 Å². The standard InChI is InChI=1S/C48H28N2O/c1-2-11-29(12-3-1)30-23-24-35-36-18-9-20-40-46(36)47-41(26-25-37-34-15-4-6-19-39(34)50(48(37)47)42(35)28-30)49(40)32-14-8-13-31(27-32)33-17-10-22-44-45(33)38-16-5-7-21-43(38)51-44/h1-28H. The summed E-state index contributed by atoms with van der Waals surface area (Å²) in [7, 11) is 0. The lowest BCUT2D eigenvalue weighted by atomic mass is 9.99. The fraction of sp³-hybridized carbons (Fsp3) is 0. The van der Waals surface area contributed by atoms with Gasteiger partial charge >= 0.3 is 0 Å². The lowest BCUT2D eigenvalue weighted by Crippen LogP contribution is -1.95. The van der Waals surface area contributed by atoms with Crippen LogP contribution in [0.1, 0.15) is 0 Å². The number of rotatable bonds is 3. The molecule has 4 aromatic heterocycles. The lowest BCUT2D eigenvalue weighted by Gasteiger charge is -2.12. The van der Waals surface area contributed by atoms with E-state index in [4.69, 9.17) is 4.42 Å². The van der Waals surface area contributed by atoms with E-state index in [0.717, 1.165) is 33.2 Å². The van der Waals surface area contributed by atoms with Crippen molar-refractivity contribution in [2.24, 2.45) is 0 Å². The van der Waals surface area contributed by atoms with Gasteiger partial charge in [0.15, 0.2) is 0 Å². The summed E-state index contributed by atoms with van der Waals surface area (Å²) in [4.78, 5) is 0. The summed E-state index contributed by atoms with van der Waals surface area (Å²) >= 11 is 0. The quantitative estimate of drug-likeness (QED) is 0.187. The Morgan fingerprint density at radius 1 is 0.353 bits per heavy atom. The van der Waals surface area contributed by atoms with E-state index >= 15 is 0 Å². The molecule has 236 valence electrons. The van der Waals surface area contributed by atoms with Crippen LogP contribution in [0.2, 0.25) is 0 Å². The number of hydrogen-bond donors (Lipinski definition) is 0. The number of furan rings is 1. The van der Waals surface area contributed by atoms with Crippen LogP contribution < -0.4 is 0 Å². The molecule has 8 aromatic carbocycles. The van der Waals surface area contributed by atoms with Gasteiger partial charge in [0.2, 0.25) is 0 Å². The molecule has 0 radical (unpaired) electrons. The molecule has 0 saturated heterocycles. The van der Waals surface area contributed by atoms with Crippen molar-refractivity contribution in [1.29, 1.82) is 0 Å². The van der Waals surface area contributed by atoms with Gasteiger partial charge in [0.1, 0.15) is 11.2 Å². The maximum atomic E-state index is 6.28. The molecule has 12 aromatic rings. The van der Waals surface area contributed by atoms with Gasteiger partial charge in [0.25, 0.3) is 0 Å². The van der Waals surface area contributed by atoms with Crippen LogP contribution in [0.15, 0.2) is 174 Å². The molecule has 0 aliphatic carbocycles. The third kappa shape index (κ3) is 3.57. The zero-order valence-electron chi connectivity index (χ0n) is 27.5. The fourth-order valence-corrected chi connectivity index (χ4v) is 8.93. The fourth-order valence-electron chi connectivity index (χ4n) is 8.93. The zero-order valence-corrected chi connectivity index (χ0v) is 27.5. The highest BCUT2D eigenvalue weighted by Crippen LogP contribution is 2.46. The number of para-hydroxylation sites is 2. The van der Waals surface area contributed by atoms with E-state index < -0.39 is 0 Å². The third-order valence-corrected chi connectivity index (χ3v) is 11.0. The third-order valence-electron chi connectivity index (χ3n) is 11.0. The van der Waals surface area contributed by atoms with Crippen molar-refractivity contribution in [3.8, 4) is 27.9 Å². The Hall–Kier alpha value is -6.84. The van der Waals surface area contributed by atoms with Gasteiger partial charge in [-0.1, -0.05) is 121 Å². The van der Waals surface area contributed by atoms with Crippen LogP contribution in [0.5, 0.6) is 0 Å². The predicted octanol–water partition coefficient (Wildman–Crippen LogP) is 13.2. The molecule has 0 aliphatic rings. The van der Waals surface area contributed by atoms with Crippen LogP contribution in [0.4, 0.5) is 0 Å². The minimum absolute atomic E-state index is 0.909. The molecule has 0 bridgehead atoms. The molecule has 0 unspecified atom stereocenters. The second-order valence-corrected chi connectivity index (χ2v) is 13.7. The zero-order chi connectivity index (χ0) is 33.2. The largest absolute Gasteiger partial charge is 0.456 e. The Kier molecular flexibility index (Phi) is 5.23. The van der Waals surface area contributed by atoms with Crippen molar-refractivity contribution >= 4 is 81.8 Å². The van der Waals surface area contributed by atoms with E-state index in [9.17, 15) is 0 Å². The average molecular weight is 649 g/mol. The Bertz CT molecular complexity index is 3360. The number of benzene rings is 8. The van der Waals surface area contributed by atoms with Crippen LogP contribution >= 0.6 is 0 Å². The van der Waals surface area contributed by atoms with Crippen molar-refractivity contribution in [3.05, 3.63) is 170 Å². The van der Waals surface area contributed by atoms with E-state index in [0.29, 0.717) is 0 Å². The molecule has 0 saturated carbocycles. The average Bonchev–Trinajstić information content (AvgIpc) is 3.83. The second kappa shape index (κ2) is 9.87. The minimum atomic E-state index is 0.909. The molecule has 0 amide bonds. The summed E-state index contributed by atoms with van der Waals surface area (Å²) in [6.45, 7) is 0. The first kappa shape index (κ1) is 27.0. The minimum Gasteiger partial charge on any atom is -0.456 e. The molecule has 0 atom stereocenters. The highest BCUT2D eigenvalue weighted by atomic mass is 16.3. The summed E-state index contributed by atoms with van der Waals surface area (Å²) in [5.41, 5.74) is 13.8. The van der Waals surface area contributed by atoms with Crippen LogP contribution in [0, 0.1) is 0 Å². The van der Waals surface area contributed by atoms with Crippen molar-refractivity contribution in [1.82, 2.24) is 8.97 Å². The number of nitrogens with zero attached hydrogens (tertiary/aromatic N) is 2. The topological polar surface area (TPSA) is 22.5 Å². The molecule has 0 spiro atoms. The van der Waals surface area contributed by atoms with Gasteiger partial charge in [-0.15, -0.1) is 0 Å². The monoisotopic (exact) mass is 648 g/mol. The summed E-state index contributed by atoms with van der Waals surface area (Å²) in [5, 5.41) is 9.93. The van der Waals surface area contributed by atoms with Crippen LogP contribution in [0.25, 0.3) is 110 Å². The van der Waals surface area contributed by atoms with Crippen LogP contribution in [-0.2, 0) is 0 Å². The van der Waals surface area contributed by atoms with Gasteiger partial charge in [0, 0.05) is 43.4 Å². The Morgan fingerprint density at radius 2 is 1.04 bits per heavy atom. The van der Waals surface area contributed by atoms with Crippen molar-refractivity contribution in [3.63, 3.8) is 0 Å². The number of hydrogen-bond acceptors (Lipinski definition) is 1. The maximum Gasteiger partial charge on any atom is 0.136 e. The second-order valence-electron chi connectivity index (χ2n) is 13.7. The van der Waals surface area contributed by atoms with E-state index in [1.807, 2.05) is 6.07 Å². The molecule has 51 heavy (non-hydrogen) atoms. The summed E-state index contributed by atoms with van der Waals surface area (Å²) in [5.74, 6) is 0. The number of aromatic nitrogens is 2. The number of fused-ring (bicyclic) bond motifs is 9. The van der Waals surface area contributed by atoms with Crippen molar-refractivity contribution in [2.45, 2.75) is 0 Å². The van der Waals surface area contributed by atoms with E-state index in [1.165, 1.54) is 76.6 Å². The molecule has 0 N–H and O–H groups in total. The molecule has 3 heteroatoms. The molecule has 4 heterocycles. The first-order valence-electron chi connectivity index (χ1n) is 17.5. The molecular weight excluding hydrogens is 621 g/mol.